The molecule has 2 aromatic carbocycles. The van der Waals surface area contributed by atoms with E-state index in [2.05, 4.69) is 0 Å². The maximum Gasteiger partial charge on any atom is 0.193 e. The SMILES string of the molecule is CC1(C)C=Cc2c(ccc3c(=O)cc(-c4ccc(O)c(O)c4)oc23)O1. The molecule has 25 heavy (non-hydrogen) atoms. The molecule has 2 N–H and O–H groups in total. The molecule has 3 aromatic rings. The van der Waals surface area contributed by atoms with E-state index in [1.54, 1.807) is 18.2 Å². The summed E-state index contributed by atoms with van der Waals surface area (Å²) in [5.74, 6) is 0.441. The minimum absolute atomic E-state index is 0.190. The Kier molecular flexibility index (Phi) is 3.15. The van der Waals surface area contributed by atoms with Crippen LogP contribution in [0.5, 0.6) is 17.2 Å². The third-order valence-corrected chi connectivity index (χ3v) is 4.18. The summed E-state index contributed by atoms with van der Waals surface area (Å²) in [6.07, 6.45) is 3.80. The van der Waals surface area contributed by atoms with Crippen molar-refractivity contribution in [3.05, 3.63) is 58.3 Å². The van der Waals surface area contributed by atoms with Crippen LogP contribution in [-0.4, -0.2) is 15.8 Å². The highest BCUT2D eigenvalue weighted by Crippen LogP contribution is 2.37. The smallest absolute Gasteiger partial charge is 0.193 e. The Balaban J connectivity index is 1.97. The van der Waals surface area contributed by atoms with Gasteiger partial charge in [-0.15, -0.1) is 0 Å². The average molecular weight is 336 g/mol. The molecule has 0 saturated carbocycles. The summed E-state index contributed by atoms with van der Waals surface area (Å²) in [5.41, 5.74) is 1.01. The number of aromatic hydroxyl groups is 2. The molecular formula is C20H16O5. The van der Waals surface area contributed by atoms with Gasteiger partial charge in [0.25, 0.3) is 0 Å². The highest BCUT2D eigenvalue weighted by Gasteiger charge is 2.24. The molecule has 1 aliphatic heterocycles. The van der Waals surface area contributed by atoms with Gasteiger partial charge in [0, 0.05) is 11.6 Å². The van der Waals surface area contributed by atoms with Crippen molar-refractivity contribution in [1.29, 1.82) is 0 Å². The second-order valence-electron chi connectivity index (χ2n) is 6.57. The zero-order valence-corrected chi connectivity index (χ0v) is 13.7. The lowest BCUT2D eigenvalue weighted by molar-refractivity contribution is 0.159. The van der Waals surface area contributed by atoms with Crippen LogP contribution < -0.4 is 10.2 Å². The van der Waals surface area contributed by atoms with Crippen LogP contribution in [0.4, 0.5) is 0 Å². The van der Waals surface area contributed by atoms with E-state index in [1.807, 2.05) is 26.0 Å². The Labute approximate surface area is 143 Å². The first-order valence-corrected chi connectivity index (χ1v) is 7.85. The highest BCUT2D eigenvalue weighted by molar-refractivity contribution is 5.90. The second kappa shape index (κ2) is 5.14. The quantitative estimate of drug-likeness (QED) is 0.655. The maximum absolute atomic E-state index is 12.5. The minimum Gasteiger partial charge on any atom is -0.504 e. The number of benzene rings is 2. The molecule has 1 aromatic heterocycles. The van der Waals surface area contributed by atoms with E-state index in [1.165, 1.54) is 18.2 Å². The summed E-state index contributed by atoms with van der Waals surface area (Å²) in [5, 5.41) is 19.6. The van der Waals surface area contributed by atoms with E-state index in [0.29, 0.717) is 33.6 Å². The average Bonchev–Trinajstić information content (AvgIpc) is 2.55. The first-order valence-electron chi connectivity index (χ1n) is 7.85. The number of phenols is 2. The standard InChI is InChI=1S/C20H16O5/c1-20(2)8-7-13-17(25-20)6-4-12-15(22)10-18(24-19(12)13)11-3-5-14(21)16(23)9-11/h3-10,21,23H,1-2H3. The molecule has 0 saturated heterocycles. The Bertz CT molecular complexity index is 1090. The zero-order chi connectivity index (χ0) is 17.8. The van der Waals surface area contributed by atoms with Crippen LogP contribution in [0.15, 0.2) is 51.7 Å². The lowest BCUT2D eigenvalue weighted by Crippen LogP contribution is -2.27. The molecule has 0 radical (unpaired) electrons. The van der Waals surface area contributed by atoms with Gasteiger partial charge in [-0.3, -0.25) is 4.79 Å². The minimum atomic E-state index is -0.429. The molecule has 4 rings (SSSR count). The van der Waals surface area contributed by atoms with Crippen molar-refractivity contribution in [1.82, 2.24) is 0 Å². The van der Waals surface area contributed by atoms with Crippen LogP contribution in [0.2, 0.25) is 0 Å². The van der Waals surface area contributed by atoms with Gasteiger partial charge in [-0.05, 0) is 56.3 Å². The van der Waals surface area contributed by atoms with Gasteiger partial charge in [0.2, 0.25) is 0 Å². The molecule has 0 atom stereocenters. The number of fused-ring (bicyclic) bond motifs is 3. The van der Waals surface area contributed by atoms with Crippen molar-refractivity contribution in [2.45, 2.75) is 19.4 Å². The van der Waals surface area contributed by atoms with Gasteiger partial charge < -0.3 is 19.4 Å². The second-order valence-corrected chi connectivity index (χ2v) is 6.57. The van der Waals surface area contributed by atoms with E-state index in [9.17, 15) is 15.0 Å². The molecule has 1 aliphatic rings. The third kappa shape index (κ3) is 2.54. The molecule has 0 aliphatic carbocycles. The summed E-state index contributed by atoms with van der Waals surface area (Å²) in [6.45, 7) is 3.89. The Morgan fingerprint density at radius 2 is 1.80 bits per heavy atom. The molecule has 2 heterocycles. The van der Waals surface area contributed by atoms with E-state index in [0.717, 1.165) is 0 Å². The van der Waals surface area contributed by atoms with Crippen molar-refractivity contribution in [2.24, 2.45) is 0 Å². The van der Waals surface area contributed by atoms with E-state index >= 15 is 0 Å². The summed E-state index contributed by atoms with van der Waals surface area (Å²) in [7, 11) is 0. The number of rotatable bonds is 1. The van der Waals surface area contributed by atoms with E-state index in [-0.39, 0.29) is 16.9 Å². The first kappa shape index (κ1) is 15.3. The zero-order valence-electron chi connectivity index (χ0n) is 13.7. The molecular weight excluding hydrogens is 320 g/mol. The van der Waals surface area contributed by atoms with Gasteiger partial charge in [-0.2, -0.15) is 0 Å². The first-order chi connectivity index (χ1) is 11.8. The normalized spacial score (nSPS) is 15.0. The Hall–Kier alpha value is -3.21. The van der Waals surface area contributed by atoms with Crippen LogP contribution in [0.3, 0.4) is 0 Å². The van der Waals surface area contributed by atoms with Gasteiger partial charge in [-0.1, -0.05) is 0 Å². The van der Waals surface area contributed by atoms with Crippen molar-refractivity contribution < 1.29 is 19.4 Å². The number of hydrogen-bond donors (Lipinski definition) is 2. The van der Waals surface area contributed by atoms with Gasteiger partial charge in [0.1, 0.15) is 22.7 Å². The van der Waals surface area contributed by atoms with Gasteiger partial charge in [-0.25, -0.2) is 0 Å². The Morgan fingerprint density at radius 3 is 2.56 bits per heavy atom. The topological polar surface area (TPSA) is 79.9 Å². The van der Waals surface area contributed by atoms with Crippen molar-refractivity contribution in [3.63, 3.8) is 0 Å². The van der Waals surface area contributed by atoms with Crippen LogP contribution in [-0.2, 0) is 0 Å². The third-order valence-electron chi connectivity index (χ3n) is 4.18. The molecule has 5 heteroatoms. The largest absolute Gasteiger partial charge is 0.504 e. The molecule has 126 valence electrons. The Morgan fingerprint density at radius 1 is 1.00 bits per heavy atom. The molecule has 0 bridgehead atoms. The maximum atomic E-state index is 12.5. The van der Waals surface area contributed by atoms with Crippen molar-refractivity contribution in [3.8, 4) is 28.6 Å². The number of ether oxygens (including phenoxy) is 1. The van der Waals surface area contributed by atoms with Gasteiger partial charge in [0.15, 0.2) is 16.9 Å². The fraction of sp³-hybridized carbons (Fsp3) is 0.150. The summed E-state index contributed by atoms with van der Waals surface area (Å²) in [4.78, 5) is 12.5. The molecule has 5 nitrogen and oxygen atoms in total. The number of phenolic OH excluding ortho intramolecular Hbond substituents is 2. The number of hydrogen-bond acceptors (Lipinski definition) is 5. The summed E-state index contributed by atoms with van der Waals surface area (Å²) in [6, 6.07) is 9.10. The predicted molar refractivity (Wildman–Crippen MR) is 95.0 cm³/mol. The lowest BCUT2D eigenvalue weighted by Gasteiger charge is -2.28. The van der Waals surface area contributed by atoms with Crippen molar-refractivity contribution in [2.75, 3.05) is 0 Å². The fourth-order valence-corrected chi connectivity index (χ4v) is 2.89. The molecule has 0 amide bonds. The van der Waals surface area contributed by atoms with Gasteiger partial charge >= 0.3 is 0 Å². The lowest BCUT2D eigenvalue weighted by atomic mass is 10.0. The monoisotopic (exact) mass is 336 g/mol. The highest BCUT2D eigenvalue weighted by atomic mass is 16.5. The van der Waals surface area contributed by atoms with Gasteiger partial charge in [0.05, 0.1) is 10.9 Å². The van der Waals surface area contributed by atoms with Crippen LogP contribution in [0.1, 0.15) is 19.4 Å². The van der Waals surface area contributed by atoms with Crippen LogP contribution in [0, 0.1) is 0 Å². The predicted octanol–water partition coefficient (Wildman–Crippen LogP) is 4.06. The summed E-state index contributed by atoms with van der Waals surface area (Å²) < 4.78 is 11.9. The fourth-order valence-electron chi connectivity index (χ4n) is 2.89. The molecule has 0 unspecified atom stereocenters. The molecule has 0 fully saturated rings. The van der Waals surface area contributed by atoms with E-state index < -0.39 is 5.60 Å². The van der Waals surface area contributed by atoms with Crippen LogP contribution >= 0.6 is 0 Å². The molecule has 0 spiro atoms. The summed E-state index contributed by atoms with van der Waals surface area (Å²) >= 11 is 0. The van der Waals surface area contributed by atoms with Crippen LogP contribution in [0.25, 0.3) is 28.4 Å². The van der Waals surface area contributed by atoms with Crippen molar-refractivity contribution >= 4 is 17.0 Å². The van der Waals surface area contributed by atoms with E-state index in [4.69, 9.17) is 9.15 Å².